The number of benzene rings is 3. The molecule has 3 aromatic carbocycles. The number of alkyl halides is 21. The summed E-state index contributed by atoms with van der Waals surface area (Å²) in [5, 5.41) is 34.9. The van der Waals surface area contributed by atoms with Gasteiger partial charge in [-0.05, 0) is 94.6 Å². The van der Waals surface area contributed by atoms with E-state index in [0.717, 1.165) is 36.4 Å². The van der Waals surface area contributed by atoms with Crippen LogP contribution in [0.4, 0.5) is 92.2 Å². The molecule has 78 heavy (non-hydrogen) atoms. The molecule has 3 aromatic rings. The molecular weight excluding hydrogens is 1130 g/mol. The van der Waals surface area contributed by atoms with Gasteiger partial charge in [-0.3, -0.25) is 14.4 Å². The van der Waals surface area contributed by atoms with Crippen LogP contribution >= 0.6 is 0 Å². The molecule has 6 atom stereocenters. The van der Waals surface area contributed by atoms with Crippen molar-refractivity contribution in [2.45, 2.75) is 152 Å². The van der Waals surface area contributed by atoms with Gasteiger partial charge >= 0.3 is 56.1 Å². The number of hydrogen-bond acceptors (Lipinski definition) is 9. The molecule has 33 heteroatoms. The fourth-order valence-corrected chi connectivity index (χ4v) is 6.07. The van der Waals surface area contributed by atoms with Crippen LogP contribution in [0.1, 0.15) is 95.6 Å². The third-order valence-corrected chi connectivity index (χ3v) is 10.4. The number of halogens is 21. The highest BCUT2D eigenvalue weighted by Crippen LogP contribution is 2.40. The van der Waals surface area contributed by atoms with Gasteiger partial charge in [0.05, 0.1) is 37.4 Å². The average Bonchev–Trinajstić information content (AvgIpc) is 3.24. The van der Waals surface area contributed by atoms with Crippen LogP contribution in [0.3, 0.4) is 0 Å². The van der Waals surface area contributed by atoms with Crippen molar-refractivity contribution >= 4 is 17.7 Å². The largest absolute Gasteiger partial charge is 0.573 e. The van der Waals surface area contributed by atoms with E-state index in [9.17, 15) is 122 Å². The molecule has 0 aliphatic carbocycles. The van der Waals surface area contributed by atoms with Crippen molar-refractivity contribution in [2.24, 2.45) is 0 Å². The van der Waals surface area contributed by atoms with Gasteiger partial charge in [0, 0.05) is 0 Å². The summed E-state index contributed by atoms with van der Waals surface area (Å²) in [5.74, 6) is -19.7. The molecular formula is C45H48F21N3O9. The Morgan fingerprint density at radius 1 is 0.410 bits per heavy atom. The number of nitrogens with one attached hydrogen (secondary N) is 3. The molecule has 1 unspecified atom stereocenters. The Morgan fingerprint density at radius 2 is 0.603 bits per heavy atom. The number of aliphatic hydroxyl groups is 3. The monoisotopic (exact) mass is 1170 g/mol. The highest BCUT2D eigenvalue weighted by molar-refractivity contribution is 5.78. The quantitative estimate of drug-likeness (QED) is 0.0567. The lowest BCUT2D eigenvalue weighted by atomic mass is 9.93. The highest BCUT2D eigenvalue weighted by Gasteiger charge is 2.59. The molecule has 3 rings (SSSR count). The maximum Gasteiger partial charge on any atom is 0.573 e. The van der Waals surface area contributed by atoms with E-state index in [1.165, 1.54) is 57.2 Å². The molecule has 0 aliphatic heterocycles. The highest BCUT2D eigenvalue weighted by atomic mass is 19.4. The zero-order chi connectivity index (χ0) is 61.0. The summed E-state index contributed by atoms with van der Waals surface area (Å²) < 4.78 is 274. The summed E-state index contributed by atoms with van der Waals surface area (Å²) >= 11 is 0. The minimum absolute atomic E-state index is 0.139. The number of carbonyl (C=O) groups is 3. The lowest BCUT2D eigenvalue weighted by molar-refractivity contribution is -0.275. The van der Waals surface area contributed by atoms with Crippen molar-refractivity contribution in [3.05, 3.63) is 89.5 Å². The summed E-state index contributed by atoms with van der Waals surface area (Å²) in [6, 6.07) is 10.7. The molecule has 0 bridgehead atoms. The lowest BCUT2D eigenvalue weighted by Crippen LogP contribution is -2.53. The standard InChI is InChI=1S/3C15H16F7NO3/c3*1-8(9-4-3-5-10(6-9)26-15(20,21)22)23-11(24)7-13(2,25)14(18,19)12(16)17/h3*3-6,8,12,25H,7H2,1-2H3,(H,23,24)/t8-,13?;8-,13+;8-,13-/m000/s1. The molecule has 0 saturated heterocycles. The second-order valence-corrected chi connectivity index (χ2v) is 17.4. The van der Waals surface area contributed by atoms with Crippen LogP contribution in [0.15, 0.2) is 72.8 Å². The number of rotatable bonds is 21. The molecule has 12 nitrogen and oxygen atoms in total. The van der Waals surface area contributed by atoms with Crippen LogP contribution in [0.2, 0.25) is 0 Å². The maximum atomic E-state index is 13.3. The summed E-state index contributed by atoms with van der Waals surface area (Å²) in [4.78, 5) is 35.3. The molecule has 0 heterocycles. The van der Waals surface area contributed by atoms with E-state index >= 15 is 0 Å². The number of ether oxygens (including phenoxy) is 3. The molecule has 0 radical (unpaired) electrons. The van der Waals surface area contributed by atoms with Crippen LogP contribution < -0.4 is 30.2 Å². The molecule has 6 N–H and O–H groups in total. The van der Waals surface area contributed by atoms with Crippen LogP contribution in [0.5, 0.6) is 17.2 Å². The van der Waals surface area contributed by atoms with Gasteiger partial charge in [-0.25, -0.2) is 26.3 Å². The van der Waals surface area contributed by atoms with E-state index < -0.39 is 145 Å². The Morgan fingerprint density at radius 3 is 0.769 bits per heavy atom. The Balaban J connectivity index is 0.000000585. The lowest BCUT2D eigenvalue weighted by Gasteiger charge is -2.31. The van der Waals surface area contributed by atoms with E-state index in [2.05, 4.69) is 30.2 Å². The van der Waals surface area contributed by atoms with Crippen molar-refractivity contribution in [2.75, 3.05) is 0 Å². The third-order valence-electron chi connectivity index (χ3n) is 10.4. The molecule has 0 aromatic heterocycles. The Hall–Kier alpha value is -6.12. The van der Waals surface area contributed by atoms with Crippen molar-refractivity contribution in [3.8, 4) is 17.2 Å². The van der Waals surface area contributed by atoms with Gasteiger partial charge in [0.2, 0.25) is 17.7 Å². The van der Waals surface area contributed by atoms with Crippen LogP contribution in [-0.4, -0.2) is 106 Å². The van der Waals surface area contributed by atoms with Crippen molar-refractivity contribution in [3.63, 3.8) is 0 Å². The normalized spacial score (nSPS) is 16.1. The summed E-state index contributed by atoms with van der Waals surface area (Å²) in [6.07, 6.45) is -31.3. The molecule has 3 amide bonds. The van der Waals surface area contributed by atoms with E-state index in [4.69, 9.17) is 0 Å². The van der Waals surface area contributed by atoms with Gasteiger partial charge in [0.15, 0.2) is 0 Å². The van der Waals surface area contributed by atoms with Gasteiger partial charge in [0.1, 0.15) is 34.1 Å². The first-order valence-electron chi connectivity index (χ1n) is 21.6. The molecule has 0 fully saturated rings. The van der Waals surface area contributed by atoms with Gasteiger partial charge < -0.3 is 45.5 Å². The predicted molar refractivity (Wildman–Crippen MR) is 228 cm³/mol. The maximum absolute atomic E-state index is 13.3. The Labute approximate surface area is 428 Å². The van der Waals surface area contributed by atoms with Crippen molar-refractivity contribution < 1.29 is 136 Å². The summed E-state index contributed by atoms with van der Waals surface area (Å²) in [7, 11) is 0. The Bertz CT molecular complexity index is 2160. The smallest absolute Gasteiger partial charge is 0.406 e. The Kier molecular flexibility index (Phi) is 23.9. The van der Waals surface area contributed by atoms with Gasteiger partial charge in [-0.1, -0.05) is 36.4 Å². The fourth-order valence-electron chi connectivity index (χ4n) is 6.07. The zero-order valence-corrected chi connectivity index (χ0v) is 40.7. The van der Waals surface area contributed by atoms with Crippen LogP contribution in [-0.2, 0) is 14.4 Å². The number of hydrogen-bond donors (Lipinski definition) is 6. The SMILES string of the molecule is C[C@H](NC(=O)CC(C)(O)C(F)(F)C(F)F)c1cccc(OC(F)(F)F)c1.C[C@H](NC(=O)C[C@@](C)(O)C(F)(F)C(F)F)c1cccc(OC(F)(F)F)c1.C[C@H](NC(=O)C[C@](C)(O)C(F)(F)C(F)F)c1cccc(OC(F)(F)F)c1. The molecule has 0 aliphatic rings. The van der Waals surface area contributed by atoms with Crippen molar-refractivity contribution in [1.82, 2.24) is 16.0 Å². The first-order valence-corrected chi connectivity index (χ1v) is 21.6. The van der Waals surface area contributed by atoms with E-state index in [0.29, 0.717) is 20.8 Å². The third kappa shape index (κ3) is 22.0. The number of amides is 3. The van der Waals surface area contributed by atoms with E-state index in [-0.39, 0.29) is 16.7 Å². The molecule has 0 spiro atoms. The summed E-state index contributed by atoms with van der Waals surface area (Å²) in [5.41, 5.74) is -9.52. The first-order chi connectivity index (χ1) is 35.0. The van der Waals surface area contributed by atoms with Gasteiger partial charge in [-0.15, -0.1) is 39.5 Å². The van der Waals surface area contributed by atoms with Crippen molar-refractivity contribution in [1.29, 1.82) is 0 Å². The molecule has 444 valence electrons. The zero-order valence-electron chi connectivity index (χ0n) is 40.7. The number of carbonyl (C=O) groups excluding carboxylic acids is 3. The predicted octanol–water partition coefficient (Wildman–Crippen LogP) is 11.4. The van der Waals surface area contributed by atoms with E-state index in [1.54, 1.807) is 0 Å². The van der Waals surface area contributed by atoms with Gasteiger partial charge in [-0.2, -0.15) is 26.3 Å². The average molecular weight is 1170 g/mol. The van der Waals surface area contributed by atoms with Crippen LogP contribution in [0.25, 0.3) is 0 Å². The topological polar surface area (TPSA) is 176 Å². The minimum Gasteiger partial charge on any atom is -0.406 e. The fraction of sp³-hybridized carbons (Fsp3) is 0.533. The minimum atomic E-state index is -4.93. The second kappa shape index (κ2) is 26.7. The first kappa shape index (κ1) is 69.9. The second-order valence-electron chi connectivity index (χ2n) is 17.4. The van der Waals surface area contributed by atoms with Crippen LogP contribution in [0, 0.1) is 0 Å². The summed E-state index contributed by atoms with van der Waals surface area (Å²) in [6.45, 7) is 5.14. The van der Waals surface area contributed by atoms with Gasteiger partial charge in [0.25, 0.3) is 0 Å². The molecule has 0 saturated carbocycles. The van der Waals surface area contributed by atoms with E-state index in [1.807, 2.05) is 0 Å².